The van der Waals surface area contributed by atoms with Crippen molar-refractivity contribution in [3.8, 4) is 0 Å². The first-order valence-corrected chi connectivity index (χ1v) is 10.3. The molecule has 0 aliphatic rings. The number of allylic oxidation sites excluding steroid dienone is 2. The van der Waals surface area contributed by atoms with Crippen LogP contribution in [-0.2, 0) is 0 Å². The fraction of sp³-hybridized carbons (Fsp3) is 0.850. The van der Waals surface area contributed by atoms with Gasteiger partial charge in [0.05, 0.1) is 0 Å². The van der Waals surface area contributed by atoms with Gasteiger partial charge in [-0.05, 0) is 0 Å². The van der Waals surface area contributed by atoms with Crippen LogP contribution in [0.25, 0.3) is 0 Å². The van der Waals surface area contributed by atoms with Crippen molar-refractivity contribution in [3.63, 3.8) is 0 Å². The van der Waals surface area contributed by atoms with Gasteiger partial charge in [-0.1, -0.05) is 45.4 Å². The summed E-state index contributed by atoms with van der Waals surface area (Å²) in [6, 6.07) is 0. The molecule has 0 unspecified atom stereocenters. The van der Waals surface area contributed by atoms with Crippen LogP contribution in [-0.4, -0.2) is 20.0 Å². The summed E-state index contributed by atoms with van der Waals surface area (Å²) < 4.78 is 1.29. The SMILES string of the molecule is CCCCCCCCCCCCCCCCC=CC(C)=[Se]. The Morgan fingerprint density at radius 2 is 1.05 bits per heavy atom. The summed E-state index contributed by atoms with van der Waals surface area (Å²) in [6.45, 7) is 4.40. The van der Waals surface area contributed by atoms with Crippen LogP contribution in [0, 0.1) is 0 Å². The van der Waals surface area contributed by atoms with Gasteiger partial charge in [0.25, 0.3) is 0 Å². The molecule has 0 heterocycles. The van der Waals surface area contributed by atoms with Crippen LogP contribution in [0.3, 0.4) is 0 Å². The average Bonchev–Trinajstić information content (AvgIpc) is 2.46. The van der Waals surface area contributed by atoms with Crippen LogP contribution in [0.1, 0.15) is 110 Å². The summed E-state index contributed by atoms with van der Waals surface area (Å²) >= 11 is 3.02. The number of rotatable bonds is 16. The molecule has 0 bridgehead atoms. The molecule has 0 fully saturated rings. The molecule has 0 aliphatic carbocycles. The van der Waals surface area contributed by atoms with E-state index in [1.54, 1.807) is 0 Å². The molecule has 0 aromatic rings. The van der Waals surface area contributed by atoms with E-state index in [9.17, 15) is 0 Å². The van der Waals surface area contributed by atoms with Crippen molar-refractivity contribution in [1.29, 1.82) is 0 Å². The van der Waals surface area contributed by atoms with Gasteiger partial charge in [-0.2, -0.15) is 0 Å². The van der Waals surface area contributed by atoms with E-state index in [1.807, 2.05) is 0 Å². The van der Waals surface area contributed by atoms with E-state index in [-0.39, 0.29) is 0 Å². The van der Waals surface area contributed by atoms with Gasteiger partial charge in [-0.15, -0.1) is 0 Å². The fourth-order valence-electron chi connectivity index (χ4n) is 2.71. The maximum absolute atomic E-state index is 3.02. The molecule has 1 heteroatoms. The first-order valence-electron chi connectivity index (χ1n) is 9.44. The van der Waals surface area contributed by atoms with E-state index in [1.165, 1.54) is 101 Å². The van der Waals surface area contributed by atoms with Gasteiger partial charge in [0.1, 0.15) is 0 Å². The molecular weight excluding hydrogens is 319 g/mol. The van der Waals surface area contributed by atoms with Crippen LogP contribution in [0.5, 0.6) is 0 Å². The van der Waals surface area contributed by atoms with Crippen LogP contribution in [0.4, 0.5) is 0 Å². The average molecular weight is 357 g/mol. The second-order valence-corrected chi connectivity index (χ2v) is 7.75. The Hall–Kier alpha value is 0.129. The molecule has 0 aromatic heterocycles. The van der Waals surface area contributed by atoms with E-state index in [2.05, 4.69) is 41.6 Å². The van der Waals surface area contributed by atoms with Crippen molar-refractivity contribution < 1.29 is 0 Å². The quantitative estimate of drug-likeness (QED) is 0.211. The zero-order valence-corrected chi connectivity index (χ0v) is 16.4. The molecule has 0 aliphatic heterocycles. The zero-order valence-electron chi connectivity index (χ0n) is 14.7. The molecule has 0 radical (unpaired) electrons. The van der Waals surface area contributed by atoms with Crippen molar-refractivity contribution in [2.75, 3.05) is 0 Å². The first kappa shape index (κ1) is 21.1. The van der Waals surface area contributed by atoms with Gasteiger partial charge in [-0.3, -0.25) is 0 Å². The van der Waals surface area contributed by atoms with Crippen molar-refractivity contribution in [2.45, 2.75) is 110 Å². The van der Waals surface area contributed by atoms with E-state index < -0.39 is 0 Å². The summed E-state index contributed by atoms with van der Waals surface area (Å²) in [6.07, 6.45) is 25.9. The van der Waals surface area contributed by atoms with Gasteiger partial charge in [0.15, 0.2) is 0 Å². The van der Waals surface area contributed by atoms with Gasteiger partial charge < -0.3 is 0 Å². The minimum atomic E-state index is 1.25. The third-order valence-corrected chi connectivity index (χ3v) is 4.36. The Kier molecular flexibility index (Phi) is 18.3. The molecule has 124 valence electrons. The molecule has 0 aromatic carbocycles. The Balaban J connectivity index is 3.01. The Labute approximate surface area is 142 Å². The van der Waals surface area contributed by atoms with Crippen molar-refractivity contribution in [2.24, 2.45) is 0 Å². The molecule has 0 saturated heterocycles. The van der Waals surface area contributed by atoms with E-state index >= 15 is 0 Å². The summed E-state index contributed by atoms with van der Waals surface area (Å²) in [5.41, 5.74) is 0. The molecule has 0 saturated carbocycles. The number of hydrogen-bond acceptors (Lipinski definition) is 0. The normalized spacial score (nSPS) is 11.3. The van der Waals surface area contributed by atoms with Crippen LogP contribution < -0.4 is 0 Å². The third-order valence-electron chi connectivity index (χ3n) is 4.08. The second-order valence-electron chi connectivity index (χ2n) is 6.40. The van der Waals surface area contributed by atoms with Crippen molar-refractivity contribution in [1.82, 2.24) is 0 Å². The number of unbranched alkanes of at least 4 members (excludes halogenated alkanes) is 14. The molecule has 21 heavy (non-hydrogen) atoms. The van der Waals surface area contributed by atoms with Crippen LogP contribution in [0.15, 0.2) is 12.2 Å². The van der Waals surface area contributed by atoms with Gasteiger partial charge in [0.2, 0.25) is 0 Å². The monoisotopic (exact) mass is 358 g/mol. The summed E-state index contributed by atoms with van der Waals surface area (Å²) in [4.78, 5) is 0. The molecule has 0 atom stereocenters. The molecular formula is C20H38Se. The van der Waals surface area contributed by atoms with E-state index in [0.29, 0.717) is 0 Å². The topological polar surface area (TPSA) is 0 Å². The maximum atomic E-state index is 3.02. The molecule has 0 spiro atoms. The summed E-state index contributed by atoms with van der Waals surface area (Å²) in [5.74, 6) is 0. The van der Waals surface area contributed by atoms with E-state index in [0.717, 1.165) is 0 Å². The first-order chi connectivity index (χ1) is 10.3. The Morgan fingerprint density at radius 3 is 1.43 bits per heavy atom. The molecule has 0 rings (SSSR count). The summed E-state index contributed by atoms with van der Waals surface area (Å²) in [7, 11) is 0. The Morgan fingerprint density at radius 1 is 0.667 bits per heavy atom. The molecule has 0 N–H and O–H groups in total. The Bertz CT molecular complexity index is 242. The summed E-state index contributed by atoms with van der Waals surface area (Å²) in [5, 5.41) is 0. The van der Waals surface area contributed by atoms with Crippen molar-refractivity contribution in [3.05, 3.63) is 12.2 Å². The molecule has 0 amide bonds. The zero-order chi connectivity index (χ0) is 15.6. The van der Waals surface area contributed by atoms with Crippen LogP contribution >= 0.6 is 0 Å². The predicted octanol–water partition coefficient (Wildman–Crippen LogP) is 6.77. The predicted molar refractivity (Wildman–Crippen MR) is 101 cm³/mol. The van der Waals surface area contributed by atoms with Gasteiger partial charge in [0, 0.05) is 0 Å². The van der Waals surface area contributed by atoms with Gasteiger partial charge in [-0.25, -0.2) is 0 Å². The molecule has 0 nitrogen and oxygen atoms in total. The standard InChI is InChI=1S/C20H38Se/c1-3-4-5-6-7-8-9-10-11-12-13-14-15-16-17-18-19-20(2)21/h18-19H,3-17H2,1-2H3. The number of hydrogen-bond donors (Lipinski definition) is 0. The van der Waals surface area contributed by atoms with Crippen LogP contribution in [0.2, 0.25) is 0 Å². The fourth-order valence-corrected chi connectivity index (χ4v) is 2.91. The second kappa shape index (κ2) is 18.2. The van der Waals surface area contributed by atoms with E-state index in [4.69, 9.17) is 0 Å². The minimum absolute atomic E-state index is 1.25. The van der Waals surface area contributed by atoms with Crippen molar-refractivity contribution >= 4 is 20.0 Å². The van der Waals surface area contributed by atoms with Gasteiger partial charge >= 0.3 is 96.9 Å². The third kappa shape index (κ3) is 20.1.